The molecular weight excluding hydrogens is 282 g/mol. The summed E-state index contributed by atoms with van der Waals surface area (Å²) in [6.07, 6.45) is 4.85. The molecule has 0 aliphatic rings. The Bertz CT molecular complexity index is 582. The molecule has 2 N–H and O–H groups in total. The summed E-state index contributed by atoms with van der Waals surface area (Å²) in [5, 5.41) is 5.54. The van der Waals surface area contributed by atoms with E-state index in [1.165, 1.54) is 6.26 Å². The molecular formula is C16H19N3O3. The van der Waals surface area contributed by atoms with Gasteiger partial charge in [-0.05, 0) is 30.7 Å². The van der Waals surface area contributed by atoms with Gasteiger partial charge in [0, 0.05) is 37.8 Å². The summed E-state index contributed by atoms with van der Waals surface area (Å²) in [5.41, 5.74) is 0.952. The van der Waals surface area contributed by atoms with Crippen LogP contribution in [0.2, 0.25) is 0 Å². The lowest BCUT2D eigenvalue weighted by Gasteiger charge is -2.05. The Morgan fingerprint density at radius 1 is 1.09 bits per heavy atom. The second-order valence-corrected chi connectivity index (χ2v) is 4.76. The first-order valence-electron chi connectivity index (χ1n) is 7.24. The fourth-order valence-corrected chi connectivity index (χ4v) is 1.91. The summed E-state index contributed by atoms with van der Waals surface area (Å²) in [7, 11) is 0. The Kier molecular flexibility index (Phi) is 6.17. The fourth-order valence-electron chi connectivity index (χ4n) is 1.91. The van der Waals surface area contributed by atoms with Gasteiger partial charge in [-0.2, -0.15) is 0 Å². The average Bonchev–Trinajstić information content (AvgIpc) is 3.07. The first-order valence-corrected chi connectivity index (χ1v) is 7.24. The number of amides is 2. The molecule has 0 saturated carbocycles. The molecule has 0 aliphatic heterocycles. The molecule has 2 aromatic heterocycles. The van der Waals surface area contributed by atoms with Crippen LogP contribution < -0.4 is 10.6 Å². The molecule has 2 heterocycles. The van der Waals surface area contributed by atoms with Crippen LogP contribution in [0.15, 0.2) is 47.2 Å². The third-order valence-electron chi connectivity index (χ3n) is 3.04. The Balaban J connectivity index is 1.53. The van der Waals surface area contributed by atoms with Crippen molar-refractivity contribution in [1.29, 1.82) is 0 Å². The van der Waals surface area contributed by atoms with Gasteiger partial charge in [-0.1, -0.05) is 6.07 Å². The second kappa shape index (κ2) is 8.61. The zero-order valence-electron chi connectivity index (χ0n) is 12.2. The van der Waals surface area contributed by atoms with Crippen LogP contribution in [0.3, 0.4) is 0 Å². The van der Waals surface area contributed by atoms with Crippen molar-refractivity contribution in [1.82, 2.24) is 15.6 Å². The van der Waals surface area contributed by atoms with Crippen LogP contribution in [0, 0.1) is 0 Å². The molecule has 116 valence electrons. The number of furan rings is 1. The Hall–Kier alpha value is -2.63. The maximum atomic E-state index is 11.6. The third-order valence-corrected chi connectivity index (χ3v) is 3.04. The topological polar surface area (TPSA) is 84.2 Å². The zero-order valence-corrected chi connectivity index (χ0v) is 12.2. The van der Waals surface area contributed by atoms with Gasteiger partial charge in [-0.3, -0.25) is 14.6 Å². The highest BCUT2D eigenvalue weighted by Crippen LogP contribution is 1.99. The standard InChI is InChI=1S/C16H19N3O3/c20-15(18-11-8-13-5-1-2-9-17-13)7-3-10-19-16(21)14-6-4-12-22-14/h1-2,4-6,9,12H,3,7-8,10-11H2,(H,18,20)(H,19,21). The molecule has 0 bridgehead atoms. The highest BCUT2D eigenvalue weighted by molar-refractivity contribution is 5.91. The van der Waals surface area contributed by atoms with Gasteiger partial charge in [-0.15, -0.1) is 0 Å². The van der Waals surface area contributed by atoms with Crippen LogP contribution >= 0.6 is 0 Å². The summed E-state index contributed by atoms with van der Waals surface area (Å²) in [6, 6.07) is 8.96. The maximum Gasteiger partial charge on any atom is 0.286 e. The van der Waals surface area contributed by atoms with Crippen LogP contribution in [0.4, 0.5) is 0 Å². The third kappa shape index (κ3) is 5.40. The second-order valence-electron chi connectivity index (χ2n) is 4.76. The highest BCUT2D eigenvalue weighted by Gasteiger charge is 2.07. The molecule has 0 saturated heterocycles. The highest BCUT2D eigenvalue weighted by atomic mass is 16.3. The summed E-state index contributed by atoms with van der Waals surface area (Å²) >= 11 is 0. The van der Waals surface area contributed by atoms with Crippen molar-refractivity contribution in [3.05, 3.63) is 54.2 Å². The Morgan fingerprint density at radius 3 is 2.73 bits per heavy atom. The SMILES string of the molecule is O=C(CCCNC(=O)c1ccco1)NCCc1ccccn1. The maximum absolute atomic E-state index is 11.6. The molecule has 0 unspecified atom stereocenters. The average molecular weight is 301 g/mol. The summed E-state index contributed by atoms with van der Waals surface area (Å²) in [4.78, 5) is 27.4. The molecule has 6 nitrogen and oxygen atoms in total. The number of hydrogen-bond acceptors (Lipinski definition) is 4. The number of nitrogens with one attached hydrogen (secondary N) is 2. The van der Waals surface area contributed by atoms with Crippen LogP contribution in [0.5, 0.6) is 0 Å². The van der Waals surface area contributed by atoms with E-state index in [9.17, 15) is 9.59 Å². The van der Waals surface area contributed by atoms with E-state index in [-0.39, 0.29) is 17.6 Å². The molecule has 0 radical (unpaired) electrons. The predicted molar refractivity (Wildman–Crippen MR) is 81.2 cm³/mol. The number of carbonyl (C=O) groups excluding carboxylic acids is 2. The molecule has 2 amide bonds. The van der Waals surface area contributed by atoms with Gasteiger partial charge in [-0.25, -0.2) is 0 Å². The first-order chi connectivity index (χ1) is 10.8. The molecule has 0 aromatic carbocycles. The Morgan fingerprint density at radius 2 is 2.00 bits per heavy atom. The van der Waals surface area contributed by atoms with E-state index < -0.39 is 0 Å². The van der Waals surface area contributed by atoms with Crippen molar-refractivity contribution >= 4 is 11.8 Å². The van der Waals surface area contributed by atoms with E-state index >= 15 is 0 Å². The van der Waals surface area contributed by atoms with Crippen molar-refractivity contribution < 1.29 is 14.0 Å². The molecule has 0 atom stereocenters. The van der Waals surface area contributed by atoms with Crippen molar-refractivity contribution in [3.8, 4) is 0 Å². The van der Waals surface area contributed by atoms with Crippen LogP contribution in [-0.4, -0.2) is 29.9 Å². The number of pyridine rings is 1. The van der Waals surface area contributed by atoms with Gasteiger partial charge >= 0.3 is 0 Å². The molecule has 0 aliphatic carbocycles. The van der Waals surface area contributed by atoms with Crippen molar-refractivity contribution in [2.24, 2.45) is 0 Å². The zero-order chi connectivity index (χ0) is 15.6. The van der Waals surface area contributed by atoms with E-state index in [2.05, 4.69) is 15.6 Å². The normalized spacial score (nSPS) is 10.2. The van der Waals surface area contributed by atoms with E-state index in [1.807, 2.05) is 18.2 Å². The van der Waals surface area contributed by atoms with Crippen LogP contribution in [0.1, 0.15) is 29.1 Å². The molecule has 2 rings (SSSR count). The lowest BCUT2D eigenvalue weighted by atomic mass is 10.2. The van der Waals surface area contributed by atoms with E-state index in [4.69, 9.17) is 4.42 Å². The molecule has 6 heteroatoms. The van der Waals surface area contributed by atoms with E-state index in [1.54, 1.807) is 18.3 Å². The van der Waals surface area contributed by atoms with Gasteiger partial charge in [0.15, 0.2) is 5.76 Å². The van der Waals surface area contributed by atoms with E-state index in [0.29, 0.717) is 32.4 Å². The minimum Gasteiger partial charge on any atom is -0.459 e. The number of hydrogen-bond donors (Lipinski definition) is 2. The minimum absolute atomic E-state index is 0.0248. The first kappa shape index (κ1) is 15.8. The predicted octanol–water partition coefficient (Wildman–Crippen LogP) is 1.54. The largest absolute Gasteiger partial charge is 0.459 e. The van der Waals surface area contributed by atoms with Gasteiger partial charge in [0.1, 0.15) is 0 Å². The van der Waals surface area contributed by atoms with Crippen LogP contribution in [-0.2, 0) is 11.2 Å². The van der Waals surface area contributed by atoms with Crippen LogP contribution in [0.25, 0.3) is 0 Å². The molecule has 2 aromatic rings. The van der Waals surface area contributed by atoms with Gasteiger partial charge in [0.25, 0.3) is 5.91 Å². The minimum atomic E-state index is -0.263. The number of rotatable bonds is 8. The quantitative estimate of drug-likeness (QED) is 0.724. The van der Waals surface area contributed by atoms with Gasteiger partial charge in [0.2, 0.25) is 5.91 Å². The molecule has 0 fully saturated rings. The van der Waals surface area contributed by atoms with Crippen molar-refractivity contribution in [3.63, 3.8) is 0 Å². The Labute approximate surface area is 128 Å². The van der Waals surface area contributed by atoms with E-state index in [0.717, 1.165) is 5.69 Å². The number of carbonyl (C=O) groups is 2. The summed E-state index contributed by atoms with van der Waals surface area (Å²) < 4.78 is 4.97. The summed E-state index contributed by atoms with van der Waals surface area (Å²) in [5.74, 6) is -0.0106. The lowest BCUT2D eigenvalue weighted by molar-refractivity contribution is -0.121. The number of aromatic nitrogens is 1. The van der Waals surface area contributed by atoms with Crippen molar-refractivity contribution in [2.45, 2.75) is 19.3 Å². The van der Waals surface area contributed by atoms with Crippen molar-refractivity contribution in [2.75, 3.05) is 13.1 Å². The smallest absolute Gasteiger partial charge is 0.286 e. The monoisotopic (exact) mass is 301 g/mol. The van der Waals surface area contributed by atoms with Gasteiger partial charge in [0.05, 0.1) is 6.26 Å². The molecule has 0 spiro atoms. The summed E-state index contributed by atoms with van der Waals surface area (Å²) in [6.45, 7) is 1.00. The van der Waals surface area contributed by atoms with Gasteiger partial charge < -0.3 is 15.1 Å². The number of nitrogens with zero attached hydrogens (tertiary/aromatic N) is 1. The molecule has 22 heavy (non-hydrogen) atoms. The fraction of sp³-hybridized carbons (Fsp3) is 0.312. The lowest BCUT2D eigenvalue weighted by Crippen LogP contribution is -2.28.